The van der Waals surface area contributed by atoms with Gasteiger partial charge in [-0.15, -0.1) is 0 Å². The molecule has 0 amide bonds. The van der Waals surface area contributed by atoms with E-state index >= 15 is 0 Å². The lowest BCUT2D eigenvalue weighted by atomic mass is 10.2. The van der Waals surface area contributed by atoms with Gasteiger partial charge in [0.25, 0.3) is 0 Å². The molecule has 0 spiro atoms. The Labute approximate surface area is 85.2 Å². The molecule has 0 saturated carbocycles. The van der Waals surface area contributed by atoms with Gasteiger partial charge in [0, 0.05) is 8.80 Å². The van der Waals surface area contributed by atoms with Crippen molar-refractivity contribution in [1.29, 1.82) is 0 Å². The molecule has 0 nitrogen and oxygen atoms in total. The van der Waals surface area contributed by atoms with Crippen LogP contribution in [0.4, 0.5) is 0 Å². The first kappa shape index (κ1) is 10.7. The maximum absolute atomic E-state index is 2.41. The van der Waals surface area contributed by atoms with Gasteiger partial charge >= 0.3 is 0 Å². The monoisotopic (exact) mass is 206 g/mol. The zero-order valence-corrected chi connectivity index (χ0v) is 11.0. The van der Waals surface area contributed by atoms with E-state index in [1.165, 1.54) is 6.04 Å². The van der Waals surface area contributed by atoms with Gasteiger partial charge < -0.3 is 0 Å². The molecular formula is C11H18Si2. The molecular weight excluding hydrogens is 188 g/mol. The quantitative estimate of drug-likeness (QED) is 0.667. The molecule has 0 bridgehead atoms. The smallest absolute Gasteiger partial charge is 0.0710 e. The second-order valence-electron chi connectivity index (χ2n) is 4.08. The van der Waals surface area contributed by atoms with Crippen LogP contribution in [-0.2, 0) is 6.04 Å². The largest absolute Gasteiger partial charge is 0.0791 e. The maximum Gasteiger partial charge on any atom is 0.0791 e. The van der Waals surface area contributed by atoms with Crippen LogP contribution >= 0.6 is 0 Å². The van der Waals surface area contributed by atoms with Crippen molar-refractivity contribution < 1.29 is 0 Å². The Balaban J connectivity index is 2.79. The van der Waals surface area contributed by atoms with Crippen molar-refractivity contribution in [2.75, 3.05) is 0 Å². The number of rotatable bonds is 3. The fraction of sp³-hybridized carbons (Fsp3) is 0.455. The van der Waals surface area contributed by atoms with Crippen molar-refractivity contribution in [3.8, 4) is 0 Å². The molecule has 0 saturated heterocycles. The first-order valence-electron chi connectivity index (χ1n) is 4.78. The highest BCUT2D eigenvalue weighted by molar-refractivity contribution is 6.70. The van der Waals surface area contributed by atoms with Crippen LogP contribution in [0.3, 0.4) is 0 Å². The Morgan fingerprint density at radius 3 is 2.31 bits per heavy atom. The number of hydrogen-bond acceptors (Lipinski definition) is 0. The lowest BCUT2D eigenvalue weighted by Gasteiger charge is -2.07. The fourth-order valence-electron chi connectivity index (χ4n) is 1.40. The molecule has 2 radical (unpaired) electrons. The van der Waals surface area contributed by atoms with Crippen LogP contribution in [0, 0.1) is 0 Å². The van der Waals surface area contributed by atoms with Crippen LogP contribution in [0.1, 0.15) is 5.56 Å². The van der Waals surface area contributed by atoms with Crippen molar-refractivity contribution >= 4 is 22.8 Å². The molecule has 0 heterocycles. The van der Waals surface area contributed by atoms with Crippen LogP contribution < -0.4 is 5.19 Å². The predicted octanol–water partition coefficient (Wildman–Crippen LogP) is 2.48. The SMILES string of the molecule is C[Si](C)Cc1cccc([Si](C)C)c1. The van der Waals surface area contributed by atoms with Crippen LogP contribution in [0.2, 0.25) is 26.2 Å². The van der Waals surface area contributed by atoms with Gasteiger partial charge in [-0.05, 0) is 6.04 Å². The van der Waals surface area contributed by atoms with Gasteiger partial charge in [0.15, 0.2) is 0 Å². The molecule has 0 aliphatic heterocycles. The summed E-state index contributed by atoms with van der Waals surface area (Å²) in [5, 5.41) is 1.57. The summed E-state index contributed by atoms with van der Waals surface area (Å²) in [7, 11) is -0.376. The third-order valence-electron chi connectivity index (χ3n) is 2.06. The van der Waals surface area contributed by atoms with E-state index in [0.29, 0.717) is 0 Å². The second-order valence-corrected chi connectivity index (χ2v) is 9.43. The summed E-state index contributed by atoms with van der Waals surface area (Å²) in [6, 6.07) is 10.5. The summed E-state index contributed by atoms with van der Waals surface area (Å²) in [4.78, 5) is 0. The Kier molecular flexibility index (Phi) is 3.94. The van der Waals surface area contributed by atoms with E-state index in [-0.39, 0.29) is 17.6 Å². The van der Waals surface area contributed by atoms with E-state index in [9.17, 15) is 0 Å². The molecule has 0 atom stereocenters. The van der Waals surface area contributed by atoms with Crippen molar-refractivity contribution in [2.45, 2.75) is 32.2 Å². The molecule has 1 aromatic rings. The molecule has 1 aromatic carbocycles. The topological polar surface area (TPSA) is 0 Å². The van der Waals surface area contributed by atoms with Crippen LogP contribution in [0.5, 0.6) is 0 Å². The van der Waals surface area contributed by atoms with Gasteiger partial charge in [-0.25, -0.2) is 0 Å². The van der Waals surface area contributed by atoms with Crippen molar-refractivity contribution in [1.82, 2.24) is 0 Å². The normalized spacial score (nSPS) is 11.2. The second kappa shape index (κ2) is 4.77. The predicted molar refractivity (Wildman–Crippen MR) is 64.7 cm³/mol. The zero-order chi connectivity index (χ0) is 9.84. The van der Waals surface area contributed by atoms with Gasteiger partial charge in [-0.3, -0.25) is 0 Å². The van der Waals surface area contributed by atoms with Gasteiger partial charge in [0.1, 0.15) is 0 Å². The first-order valence-corrected chi connectivity index (χ1v) is 9.99. The maximum atomic E-state index is 2.41. The molecule has 0 aromatic heterocycles. The molecule has 0 unspecified atom stereocenters. The summed E-state index contributed by atoms with van der Waals surface area (Å²) in [6.45, 7) is 9.46. The van der Waals surface area contributed by atoms with E-state index in [1.54, 1.807) is 10.8 Å². The average Bonchev–Trinajstić information content (AvgIpc) is 2.03. The summed E-state index contributed by atoms with van der Waals surface area (Å²) >= 11 is 0. The summed E-state index contributed by atoms with van der Waals surface area (Å²) in [5.41, 5.74) is 1.54. The Morgan fingerprint density at radius 2 is 1.77 bits per heavy atom. The lowest BCUT2D eigenvalue weighted by molar-refractivity contribution is 1.36. The van der Waals surface area contributed by atoms with E-state index in [1.807, 2.05) is 0 Å². The molecule has 1 rings (SSSR count). The molecule has 2 heteroatoms. The minimum absolute atomic E-state index is 0.117. The number of hydrogen-bond donors (Lipinski definition) is 0. The average molecular weight is 206 g/mol. The van der Waals surface area contributed by atoms with E-state index < -0.39 is 0 Å². The summed E-state index contributed by atoms with van der Waals surface area (Å²) in [5.74, 6) is 0. The summed E-state index contributed by atoms with van der Waals surface area (Å²) < 4.78 is 0. The highest BCUT2D eigenvalue weighted by atomic mass is 28.3. The van der Waals surface area contributed by atoms with Gasteiger partial charge in [0.2, 0.25) is 0 Å². The highest BCUT2D eigenvalue weighted by Crippen LogP contribution is 2.01. The standard InChI is InChI=1S/C11H18Si2/c1-12(2)9-10-6-5-7-11(8-10)13(3)4/h5-8H,9H2,1-4H3. The van der Waals surface area contributed by atoms with Crippen molar-refractivity contribution in [2.24, 2.45) is 0 Å². The molecule has 0 fully saturated rings. The number of benzene rings is 1. The van der Waals surface area contributed by atoms with E-state index in [2.05, 4.69) is 50.5 Å². The third-order valence-corrected chi connectivity index (χ3v) is 4.64. The van der Waals surface area contributed by atoms with Gasteiger partial charge in [0.05, 0.1) is 8.80 Å². The zero-order valence-electron chi connectivity index (χ0n) is 9.02. The molecule has 0 N–H and O–H groups in total. The lowest BCUT2D eigenvalue weighted by Crippen LogP contribution is -2.23. The van der Waals surface area contributed by atoms with Gasteiger partial charge in [-0.1, -0.05) is 61.2 Å². The van der Waals surface area contributed by atoms with E-state index in [0.717, 1.165) is 0 Å². The minimum Gasteiger partial charge on any atom is -0.0710 e. The molecule has 0 aliphatic rings. The van der Waals surface area contributed by atoms with Gasteiger partial charge in [-0.2, -0.15) is 0 Å². The van der Waals surface area contributed by atoms with Crippen LogP contribution in [0.15, 0.2) is 24.3 Å². The Hall–Kier alpha value is -0.346. The highest BCUT2D eigenvalue weighted by Gasteiger charge is 2.03. The van der Waals surface area contributed by atoms with E-state index in [4.69, 9.17) is 0 Å². The molecule has 70 valence electrons. The fourth-order valence-corrected chi connectivity index (χ4v) is 3.34. The minimum atomic E-state index is -0.258. The summed E-state index contributed by atoms with van der Waals surface area (Å²) in [6.07, 6.45) is 0. The van der Waals surface area contributed by atoms with Crippen LogP contribution in [-0.4, -0.2) is 17.6 Å². The Bertz CT molecular complexity index is 267. The third kappa shape index (κ3) is 3.48. The molecule has 13 heavy (non-hydrogen) atoms. The Morgan fingerprint density at radius 1 is 1.08 bits per heavy atom. The van der Waals surface area contributed by atoms with Crippen molar-refractivity contribution in [3.63, 3.8) is 0 Å². The van der Waals surface area contributed by atoms with Crippen LogP contribution in [0.25, 0.3) is 0 Å². The molecule has 0 aliphatic carbocycles. The first-order chi connectivity index (χ1) is 6.09. The van der Waals surface area contributed by atoms with Crippen molar-refractivity contribution in [3.05, 3.63) is 29.8 Å².